The maximum Gasteiger partial charge on any atom is 0.305 e. The summed E-state index contributed by atoms with van der Waals surface area (Å²) in [5.74, 6) is 3.40. The van der Waals surface area contributed by atoms with Crippen molar-refractivity contribution in [1.29, 1.82) is 0 Å². The van der Waals surface area contributed by atoms with Gasteiger partial charge in [-0.3, -0.25) is 9.59 Å². The van der Waals surface area contributed by atoms with Crippen molar-refractivity contribution in [2.75, 3.05) is 10.6 Å². The third-order valence-corrected chi connectivity index (χ3v) is 5.31. The van der Waals surface area contributed by atoms with Crippen LogP contribution in [-0.4, -0.2) is 37.8 Å². The highest BCUT2D eigenvalue weighted by atomic mass is 32.2. The lowest BCUT2D eigenvalue weighted by Gasteiger charge is -2.14. The van der Waals surface area contributed by atoms with Gasteiger partial charge < -0.3 is 21.6 Å². The van der Waals surface area contributed by atoms with Gasteiger partial charge in [-0.05, 0) is 36.4 Å². The minimum absolute atomic E-state index is 0.132. The standard InChI is InChI=1S/C19H21N5O5S/c1-2-14(11-18(25)26)24-30(28,29)17-8-4-7-16(10-17)23-19(27)13-5-3-6-15(9-13)21-12-22-20/h2-10,12,14,24H,1,11,20H2,(H,21,22)(H,23,27)(H,25,26). The van der Waals surface area contributed by atoms with Gasteiger partial charge in [0, 0.05) is 16.9 Å². The third kappa shape index (κ3) is 6.43. The van der Waals surface area contributed by atoms with E-state index in [-0.39, 0.29) is 10.6 Å². The summed E-state index contributed by atoms with van der Waals surface area (Å²) in [5, 5.41) is 17.6. The number of nitrogens with zero attached hydrogens (tertiary/aromatic N) is 1. The van der Waals surface area contributed by atoms with E-state index in [2.05, 4.69) is 27.0 Å². The van der Waals surface area contributed by atoms with Crippen LogP contribution in [-0.2, 0) is 14.8 Å². The van der Waals surface area contributed by atoms with Gasteiger partial charge in [0.15, 0.2) is 0 Å². The molecule has 158 valence electrons. The Balaban J connectivity index is 2.18. The molecule has 0 aliphatic heterocycles. The monoisotopic (exact) mass is 431 g/mol. The number of benzene rings is 2. The second kappa shape index (κ2) is 10.2. The van der Waals surface area contributed by atoms with Crippen molar-refractivity contribution >= 4 is 39.6 Å². The number of carboxylic acid groups (broad SMARTS) is 1. The van der Waals surface area contributed by atoms with Crippen LogP contribution in [0.1, 0.15) is 16.8 Å². The Hall–Kier alpha value is -3.70. The average molecular weight is 431 g/mol. The highest BCUT2D eigenvalue weighted by molar-refractivity contribution is 7.89. The van der Waals surface area contributed by atoms with Gasteiger partial charge >= 0.3 is 5.97 Å². The van der Waals surface area contributed by atoms with Crippen LogP contribution in [0.2, 0.25) is 0 Å². The van der Waals surface area contributed by atoms with Crippen molar-refractivity contribution in [1.82, 2.24) is 4.72 Å². The number of sulfonamides is 1. The lowest BCUT2D eigenvalue weighted by Crippen LogP contribution is -2.35. The van der Waals surface area contributed by atoms with Gasteiger partial charge in [-0.2, -0.15) is 5.10 Å². The summed E-state index contributed by atoms with van der Waals surface area (Å²) in [6.45, 7) is 3.44. The highest BCUT2D eigenvalue weighted by Gasteiger charge is 2.20. The van der Waals surface area contributed by atoms with Gasteiger partial charge in [-0.15, -0.1) is 6.58 Å². The second-order valence-corrected chi connectivity index (χ2v) is 7.76. The molecule has 0 radical (unpaired) electrons. The molecule has 0 aliphatic rings. The van der Waals surface area contributed by atoms with Crippen LogP contribution in [0, 0.1) is 0 Å². The molecule has 1 amide bonds. The van der Waals surface area contributed by atoms with Gasteiger partial charge in [-0.25, -0.2) is 13.1 Å². The predicted octanol–water partition coefficient (Wildman–Crippen LogP) is 1.56. The van der Waals surface area contributed by atoms with Gasteiger partial charge in [0.25, 0.3) is 5.91 Å². The average Bonchev–Trinajstić information content (AvgIpc) is 2.71. The predicted molar refractivity (Wildman–Crippen MR) is 114 cm³/mol. The second-order valence-electron chi connectivity index (χ2n) is 6.05. The summed E-state index contributed by atoms with van der Waals surface area (Å²) in [6, 6.07) is 11.1. The van der Waals surface area contributed by atoms with Gasteiger partial charge in [0.1, 0.15) is 6.34 Å². The quantitative estimate of drug-likeness (QED) is 0.125. The maximum absolute atomic E-state index is 12.5. The van der Waals surface area contributed by atoms with Gasteiger partial charge in [0.2, 0.25) is 10.0 Å². The zero-order chi connectivity index (χ0) is 22.1. The van der Waals surface area contributed by atoms with Crippen LogP contribution in [0.25, 0.3) is 0 Å². The number of amides is 1. The molecule has 30 heavy (non-hydrogen) atoms. The number of carbonyl (C=O) groups excluding carboxylic acids is 1. The molecular weight excluding hydrogens is 410 g/mol. The SMILES string of the molecule is C=CC(CC(=O)O)NS(=O)(=O)c1cccc(NC(=O)c2cccc(NC=NN)c2)c1. The molecule has 2 aromatic carbocycles. The first-order valence-electron chi connectivity index (χ1n) is 8.61. The van der Waals surface area contributed by atoms with E-state index in [1.54, 1.807) is 24.3 Å². The Morgan fingerprint density at radius 1 is 1.17 bits per heavy atom. The molecule has 0 saturated heterocycles. The number of aliphatic carboxylic acids is 1. The molecule has 0 fully saturated rings. The van der Waals surface area contributed by atoms with E-state index in [0.717, 1.165) is 0 Å². The number of nitrogens with two attached hydrogens (primary N) is 1. The van der Waals surface area contributed by atoms with Crippen molar-refractivity contribution in [3.05, 3.63) is 66.7 Å². The molecule has 1 atom stereocenters. The van der Waals surface area contributed by atoms with E-state index < -0.39 is 34.4 Å². The summed E-state index contributed by atoms with van der Waals surface area (Å²) >= 11 is 0. The first-order chi connectivity index (χ1) is 14.2. The Morgan fingerprint density at radius 2 is 1.87 bits per heavy atom. The van der Waals surface area contributed by atoms with Gasteiger partial charge in [-0.1, -0.05) is 18.2 Å². The van der Waals surface area contributed by atoms with Crippen molar-refractivity contribution in [3.63, 3.8) is 0 Å². The summed E-state index contributed by atoms with van der Waals surface area (Å²) < 4.78 is 27.3. The molecule has 0 bridgehead atoms. The van der Waals surface area contributed by atoms with Crippen molar-refractivity contribution in [2.24, 2.45) is 10.9 Å². The number of anilines is 2. The molecule has 6 N–H and O–H groups in total. The van der Waals surface area contributed by atoms with Crippen LogP contribution in [0.15, 0.2) is 71.2 Å². The molecule has 0 saturated carbocycles. The Kier molecular flexibility index (Phi) is 7.67. The van der Waals surface area contributed by atoms with Crippen molar-refractivity contribution in [3.8, 4) is 0 Å². The summed E-state index contributed by atoms with van der Waals surface area (Å²) in [7, 11) is -4.03. The topological polar surface area (TPSA) is 163 Å². The van der Waals surface area contributed by atoms with E-state index >= 15 is 0 Å². The molecule has 10 nitrogen and oxygen atoms in total. The van der Waals surface area contributed by atoms with Gasteiger partial charge in [0.05, 0.1) is 17.4 Å². The first-order valence-corrected chi connectivity index (χ1v) is 10.1. The normalized spacial score (nSPS) is 12.3. The smallest absolute Gasteiger partial charge is 0.305 e. The molecule has 11 heteroatoms. The molecule has 0 aromatic heterocycles. The molecule has 2 rings (SSSR count). The number of carboxylic acids is 1. The van der Waals surface area contributed by atoms with Crippen molar-refractivity contribution < 1.29 is 23.1 Å². The van der Waals surface area contributed by atoms with Crippen LogP contribution >= 0.6 is 0 Å². The summed E-state index contributed by atoms with van der Waals surface area (Å²) in [6.07, 6.45) is 2.02. The van der Waals surface area contributed by atoms with E-state index in [0.29, 0.717) is 11.3 Å². The Morgan fingerprint density at radius 3 is 2.53 bits per heavy atom. The van der Waals surface area contributed by atoms with Crippen LogP contribution in [0.5, 0.6) is 0 Å². The largest absolute Gasteiger partial charge is 0.481 e. The number of rotatable bonds is 10. The molecule has 0 heterocycles. The number of hydrazone groups is 1. The number of carbonyl (C=O) groups is 2. The zero-order valence-corrected chi connectivity index (χ0v) is 16.6. The fraction of sp³-hybridized carbons (Fsp3) is 0.105. The fourth-order valence-electron chi connectivity index (χ4n) is 2.43. The lowest BCUT2D eigenvalue weighted by molar-refractivity contribution is -0.137. The molecule has 2 aromatic rings. The third-order valence-electron chi connectivity index (χ3n) is 3.82. The lowest BCUT2D eigenvalue weighted by atomic mass is 10.2. The molecule has 1 unspecified atom stereocenters. The molecular formula is C19H21N5O5S. The maximum atomic E-state index is 12.5. The summed E-state index contributed by atoms with van der Waals surface area (Å²) in [5.41, 5.74) is 1.16. The van der Waals surface area contributed by atoms with Crippen LogP contribution < -0.4 is 21.2 Å². The number of hydrogen-bond donors (Lipinski definition) is 5. The summed E-state index contributed by atoms with van der Waals surface area (Å²) in [4.78, 5) is 23.2. The molecule has 0 spiro atoms. The number of hydrogen-bond acceptors (Lipinski definition) is 6. The fourth-order valence-corrected chi connectivity index (χ4v) is 3.69. The molecule has 0 aliphatic carbocycles. The van der Waals surface area contributed by atoms with E-state index in [1.807, 2.05) is 0 Å². The Bertz CT molecular complexity index is 1070. The van der Waals surface area contributed by atoms with Crippen molar-refractivity contribution in [2.45, 2.75) is 17.4 Å². The van der Waals surface area contributed by atoms with Crippen LogP contribution in [0.4, 0.5) is 11.4 Å². The first kappa shape index (κ1) is 22.6. The van der Waals surface area contributed by atoms with Crippen LogP contribution in [0.3, 0.4) is 0 Å². The minimum Gasteiger partial charge on any atom is -0.481 e. The van der Waals surface area contributed by atoms with E-state index in [9.17, 15) is 18.0 Å². The van der Waals surface area contributed by atoms with E-state index in [4.69, 9.17) is 10.9 Å². The zero-order valence-electron chi connectivity index (χ0n) is 15.8. The number of nitrogens with one attached hydrogen (secondary N) is 3. The minimum atomic E-state index is -4.03. The highest BCUT2D eigenvalue weighted by Crippen LogP contribution is 2.18. The Labute approximate surface area is 173 Å². The van der Waals surface area contributed by atoms with E-state index in [1.165, 1.54) is 36.7 Å².